The number of imidazole rings is 1. The minimum atomic E-state index is 0.701. The van der Waals surface area contributed by atoms with Gasteiger partial charge in [0.05, 0.1) is 24.8 Å². The summed E-state index contributed by atoms with van der Waals surface area (Å²) in [6.07, 6.45) is 3.37. The molecular formula is C8H11N5. The van der Waals surface area contributed by atoms with Crippen molar-refractivity contribution in [2.45, 2.75) is 13.5 Å². The molecule has 2 aromatic rings. The zero-order valence-corrected chi connectivity index (χ0v) is 7.33. The van der Waals surface area contributed by atoms with E-state index < -0.39 is 0 Å². The van der Waals surface area contributed by atoms with Crippen molar-refractivity contribution in [2.75, 3.05) is 5.32 Å². The van der Waals surface area contributed by atoms with Gasteiger partial charge in [0.25, 0.3) is 0 Å². The zero-order chi connectivity index (χ0) is 9.10. The van der Waals surface area contributed by atoms with Crippen LogP contribution in [0.5, 0.6) is 0 Å². The molecule has 0 aliphatic carbocycles. The number of aromatic amines is 2. The average Bonchev–Trinajstić information content (AvgIpc) is 2.71. The molecule has 0 saturated carbocycles. The molecule has 5 nitrogen and oxygen atoms in total. The van der Waals surface area contributed by atoms with Gasteiger partial charge in [-0.05, 0) is 13.0 Å². The first kappa shape index (κ1) is 7.85. The lowest BCUT2D eigenvalue weighted by molar-refractivity contribution is 0.964. The van der Waals surface area contributed by atoms with Gasteiger partial charge in [-0.25, -0.2) is 4.98 Å². The van der Waals surface area contributed by atoms with Gasteiger partial charge in [-0.1, -0.05) is 0 Å². The molecule has 2 rings (SSSR count). The quantitative estimate of drug-likeness (QED) is 0.656. The van der Waals surface area contributed by atoms with Crippen LogP contribution in [-0.4, -0.2) is 20.2 Å². The van der Waals surface area contributed by atoms with E-state index in [2.05, 4.69) is 25.5 Å². The molecule has 0 aromatic carbocycles. The second kappa shape index (κ2) is 3.30. The maximum absolute atomic E-state index is 4.09. The lowest BCUT2D eigenvalue weighted by Gasteiger charge is -1.98. The van der Waals surface area contributed by atoms with Gasteiger partial charge in [-0.2, -0.15) is 5.10 Å². The normalized spacial score (nSPS) is 10.2. The van der Waals surface area contributed by atoms with Crippen LogP contribution in [0.4, 0.5) is 5.82 Å². The van der Waals surface area contributed by atoms with Gasteiger partial charge in [0.2, 0.25) is 0 Å². The van der Waals surface area contributed by atoms with Gasteiger partial charge in [0.1, 0.15) is 5.82 Å². The summed E-state index contributed by atoms with van der Waals surface area (Å²) in [5, 5.41) is 10.1. The minimum absolute atomic E-state index is 0.701. The first-order valence-electron chi connectivity index (χ1n) is 4.08. The SMILES string of the molecule is Cc1cc(CNc2cnc[nH]2)n[nH]1. The Labute approximate surface area is 75.6 Å². The zero-order valence-electron chi connectivity index (χ0n) is 7.33. The number of rotatable bonds is 3. The molecule has 3 N–H and O–H groups in total. The Kier molecular flexibility index (Phi) is 1.99. The lowest BCUT2D eigenvalue weighted by Crippen LogP contribution is -1.99. The van der Waals surface area contributed by atoms with Gasteiger partial charge in [0, 0.05) is 5.69 Å². The van der Waals surface area contributed by atoms with E-state index in [1.54, 1.807) is 12.5 Å². The van der Waals surface area contributed by atoms with Crippen molar-refractivity contribution in [3.8, 4) is 0 Å². The van der Waals surface area contributed by atoms with Crippen LogP contribution in [0.3, 0.4) is 0 Å². The van der Waals surface area contributed by atoms with Crippen LogP contribution in [-0.2, 0) is 6.54 Å². The Balaban J connectivity index is 1.93. The summed E-state index contributed by atoms with van der Waals surface area (Å²) in [5.74, 6) is 0.903. The number of nitrogens with one attached hydrogen (secondary N) is 3. The second-order valence-electron chi connectivity index (χ2n) is 2.86. The smallest absolute Gasteiger partial charge is 0.123 e. The predicted octanol–water partition coefficient (Wildman–Crippen LogP) is 1.05. The molecule has 0 radical (unpaired) electrons. The Morgan fingerprint density at radius 2 is 2.46 bits per heavy atom. The van der Waals surface area contributed by atoms with E-state index in [0.29, 0.717) is 6.54 Å². The summed E-state index contributed by atoms with van der Waals surface area (Å²) in [6.45, 7) is 2.68. The van der Waals surface area contributed by atoms with E-state index in [4.69, 9.17) is 0 Å². The van der Waals surface area contributed by atoms with Crippen LogP contribution >= 0.6 is 0 Å². The highest BCUT2D eigenvalue weighted by atomic mass is 15.1. The van der Waals surface area contributed by atoms with Crippen molar-refractivity contribution in [3.63, 3.8) is 0 Å². The summed E-state index contributed by atoms with van der Waals surface area (Å²) in [6, 6.07) is 2.00. The fourth-order valence-corrected chi connectivity index (χ4v) is 1.10. The highest BCUT2D eigenvalue weighted by Crippen LogP contribution is 2.02. The third kappa shape index (κ3) is 1.87. The molecule has 2 aromatic heterocycles. The van der Waals surface area contributed by atoms with Gasteiger partial charge in [-0.15, -0.1) is 0 Å². The Bertz CT molecular complexity index is 362. The second-order valence-corrected chi connectivity index (χ2v) is 2.86. The van der Waals surface area contributed by atoms with E-state index in [1.165, 1.54) is 0 Å². The van der Waals surface area contributed by atoms with Gasteiger partial charge < -0.3 is 10.3 Å². The predicted molar refractivity (Wildman–Crippen MR) is 49.2 cm³/mol. The molecule has 0 unspecified atom stereocenters. The monoisotopic (exact) mass is 177 g/mol. The Morgan fingerprint density at radius 3 is 3.08 bits per heavy atom. The molecule has 0 fully saturated rings. The number of hydrogen-bond donors (Lipinski definition) is 3. The molecule has 0 aliphatic rings. The fraction of sp³-hybridized carbons (Fsp3) is 0.250. The molecule has 13 heavy (non-hydrogen) atoms. The molecule has 0 spiro atoms. The number of aromatic nitrogens is 4. The summed E-state index contributed by atoms with van der Waals surface area (Å²) in [7, 11) is 0. The van der Waals surface area contributed by atoms with Gasteiger partial charge in [-0.3, -0.25) is 5.10 Å². The summed E-state index contributed by atoms with van der Waals surface area (Å²) in [4.78, 5) is 6.85. The third-order valence-electron chi connectivity index (χ3n) is 1.72. The van der Waals surface area contributed by atoms with E-state index in [9.17, 15) is 0 Å². The molecule has 0 atom stereocenters. The fourth-order valence-electron chi connectivity index (χ4n) is 1.10. The first-order chi connectivity index (χ1) is 6.34. The molecular weight excluding hydrogens is 166 g/mol. The van der Waals surface area contributed by atoms with E-state index in [0.717, 1.165) is 17.2 Å². The largest absolute Gasteiger partial charge is 0.365 e. The van der Waals surface area contributed by atoms with Gasteiger partial charge >= 0.3 is 0 Å². The number of H-pyrrole nitrogens is 2. The van der Waals surface area contributed by atoms with E-state index >= 15 is 0 Å². The topological polar surface area (TPSA) is 69.4 Å². The minimum Gasteiger partial charge on any atom is -0.365 e. The van der Waals surface area contributed by atoms with Crippen molar-refractivity contribution in [1.82, 2.24) is 20.2 Å². The molecule has 0 amide bonds. The number of aryl methyl sites for hydroxylation is 1. The molecule has 0 bridgehead atoms. The highest BCUT2D eigenvalue weighted by Gasteiger charge is 1.97. The van der Waals surface area contributed by atoms with Crippen molar-refractivity contribution in [2.24, 2.45) is 0 Å². The third-order valence-corrected chi connectivity index (χ3v) is 1.72. The van der Waals surface area contributed by atoms with Crippen LogP contribution < -0.4 is 5.32 Å². The lowest BCUT2D eigenvalue weighted by atomic mass is 10.4. The van der Waals surface area contributed by atoms with Crippen LogP contribution in [0.15, 0.2) is 18.6 Å². The number of anilines is 1. The summed E-state index contributed by atoms with van der Waals surface area (Å²) >= 11 is 0. The average molecular weight is 177 g/mol. The first-order valence-corrected chi connectivity index (χ1v) is 4.08. The molecule has 2 heterocycles. The standard InChI is InChI=1S/C8H11N5/c1-6-2-7(13-12-6)3-10-8-4-9-5-11-8/h2,4-5,10H,3H2,1H3,(H,9,11)(H,12,13). The van der Waals surface area contributed by atoms with Crippen LogP contribution in [0.2, 0.25) is 0 Å². The highest BCUT2D eigenvalue weighted by molar-refractivity contribution is 5.31. The number of hydrogen-bond acceptors (Lipinski definition) is 3. The van der Waals surface area contributed by atoms with Gasteiger partial charge in [0.15, 0.2) is 0 Å². The van der Waals surface area contributed by atoms with Crippen molar-refractivity contribution < 1.29 is 0 Å². The van der Waals surface area contributed by atoms with Crippen LogP contribution in [0, 0.1) is 6.92 Å². The number of nitrogens with zero attached hydrogens (tertiary/aromatic N) is 2. The summed E-state index contributed by atoms with van der Waals surface area (Å²) in [5.41, 5.74) is 2.06. The van der Waals surface area contributed by atoms with Crippen molar-refractivity contribution in [1.29, 1.82) is 0 Å². The maximum atomic E-state index is 4.09. The molecule has 0 aliphatic heterocycles. The van der Waals surface area contributed by atoms with E-state index in [-0.39, 0.29) is 0 Å². The molecule has 0 saturated heterocycles. The summed E-state index contributed by atoms with van der Waals surface area (Å²) < 4.78 is 0. The van der Waals surface area contributed by atoms with Crippen LogP contribution in [0.25, 0.3) is 0 Å². The maximum Gasteiger partial charge on any atom is 0.123 e. The molecule has 5 heteroatoms. The van der Waals surface area contributed by atoms with E-state index in [1.807, 2.05) is 13.0 Å². The Morgan fingerprint density at radius 1 is 1.54 bits per heavy atom. The van der Waals surface area contributed by atoms with Crippen molar-refractivity contribution >= 4 is 5.82 Å². The molecule has 68 valence electrons. The Hall–Kier alpha value is -1.78. The van der Waals surface area contributed by atoms with Crippen LogP contribution in [0.1, 0.15) is 11.4 Å². The van der Waals surface area contributed by atoms with Crippen molar-refractivity contribution in [3.05, 3.63) is 30.0 Å².